The summed E-state index contributed by atoms with van der Waals surface area (Å²) in [6, 6.07) is 7.91. The zero-order chi connectivity index (χ0) is 15.0. The molecule has 0 saturated carbocycles. The molecule has 21 heavy (non-hydrogen) atoms. The fourth-order valence-corrected chi connectivity index (χ4v) is 5.89. The SMILES string of the molecule is CNCc1scc(C)c1S(=O)(=O)N1Cc2ccccc2C1. The van der Waals surface area contributed by atoms with Crippen molar-refractivity contribution in [1.82, 2.24) is 9.62 Å². The van der Waals surface area contributed by atoms with Gasteiger partial charge in [0.2, 0.25) is 10.0 Å². The fourth-order valence-electron chi connectivity index (χ4n) is 2.72. The molecule has 1 aliphatic heterocycles. The van der Waals surface area contributed by atoms with E-state index in [1.165, 1.54) is 11.3 Å². The van der Waals surface area contributed by atoms with E-state index in [4.69, 9.17) is 0 Å². The maximum Gasteiger partial charge on any atom is 0.245 e. The van der Waals surface area contributed by atoms with Gasteiger partial charge in [-0.15, -0.1) is 11.3 Å². The van der Waals surface area contributed by atoms with Crippen LogP contribution in [0.3, 0.4) is 0 Å². The minimum Gasteiger partial charge on any atom is -0.315 e. The molecule has 0 atom stereocenters. The monoisotopic (exact) mass is 322 g/mol. The van der Waals surface area contributed by atoms with Crippen LogP contribution in [0.5, 0.6) is 0 Å². The smallest absolute Gasteiger partial charge is 0.245 e. The van der Waals surface area contributed by atoms with Crippen LogP contribution in [0.25, 0.3) is 0 Å². The number of nitrogens with one attached hydrogen (secondary N) is 1. The summed E-state index contributed by atoms with van der Waals surface area (Å²) in [6.45, 7) is 3.37. The third-order valence-corrected chi connectivity index (χ3v) is 6.99. The van der Waals surface area contributed by atoms with Crippen molar-refractivity contribution in [1.29, 1.82) is 0 Å². The summed E-state index contributed by atoms with van der Waals surface area (Å²) in [6.07, 6.45) is 0. The van der Waals surface area contributed by atoms with Crippen molar-refractivity contribution in [3.05, 3.63) is 51.2 Å². The number of aryl methyl sites for hydroxylation is 1. The molecule has 4 nitrogen and oxygen atoms in total. The van der Waals surface area contributed by atoms with E-state index in [0.717, 1.165) is 21.6 Å². The largest absolute Gasteiger partial charge is 0.315 e. The summed E-state index contributed by atoms with van der Waals surface area (Å²) in [5.74, 6) is 0. The van der Waals surface area contributed by atoms with Crippen LogP contribution in [0.1, 0.15) is 21.6 Å². The Bertz CT molecular complexity index is 741. The molecule has 112 valence electrons. The van der Waals surface area contributed by atoms with Gasteiger partial charge in [0.05, 0.1) is 0 Å². The van der Waals surface area contributed by atoms with Crippen LogP contribution in [0.15, 0.2) is 34.5 Å². The molecule has 1 aromatic carbocycles. The van der Waals surface area contributed by atoms with Crippen LogP contribution in [0, 0.1) is 6.92 Å². The Labute approximate surface area is 129 Å². The van der Waals surface area contributed by atoms with Crippen LogP contribution in [-0.4, -0.2) is 19.8 Å². The van der Waals surface area contributed by atoms with Gasteiger partial charge in [0.25, 0.3) is 0 Å². The quantitative estimate of drug-likeness (QED) is 0.941. The molecule has 0 bridgehead atoms. The van der Waals surface area contributed by atoms with Crippen molar-refractivity contribution in [2.45, 2.75) is 31.5 Å². The van der Waals surface area contributed by atoms with Crippen LogP contribution in [0.4, 0.5) is 0 Å². The lowest BCUT2D eigenvalue weighted by molar-refractivity contribution is 0.431. The maximum absolute atomic E-state index is 13.0. The van der Waals surface area contributed by atoms with Crippen molar-refractivity contribution >= 4 is 21.4 Å². The van der Waals surface area contributed by atoms with Gasteiger partial charge < -0.3 is 5.32 Å². The highest BCUT2D eigenvalue weighted by molar-refractivity contribution is 7.89. The Morgan fingerprint density at radius 3 is 2.43 bits per heavy atom. The normalized spacial score (nSPS) is 15.3. The minimum atomic E-state index is -3.44. The van der Waals surface area contributed by atoms with E-state index in [1.54, 1.807) is 4.31 Å². The molecule has 0 radical (unpaired) electrons. The molecule has 0 unspecified atom stereocenters. The highest BCUT2D eigenvalue weighted by Gasteiger charge is 2.33. The molecule has 0 aliphatic carbocycles. The number of rotatable bonds is 4. The number of thiophene rings is 1. The third-order valence-electron chi connectivity index (χ3n) is 3.74. The lowest BCUT2D eigenvalue weighted by atomic mass is 10.1. The van der Waals surface area contributed by atoms with E-state index >= 15 is 0 Å². The Morgan fingerprint density at radius 1 is 1.24 bits per heavy atom. The molecule has 0 saturated heterocycles. The van der Waals surface area contributed by atoms with Crippen LogP contribution in [0.2, 0.25) is 0 Å². The third kappa shape index (κ3) is 2.53. The van der Waals surface area contributed by atoms with Crippen LogP contribution >= 0.6 is 11.3 Å². The topological polar surface area (TPSA) is 49.4 Å². The van der Waals surface area contributed by atoms with E-state index < -0.39 is 10.0 Å². The number of fused-ring (bicyclic) bond motifs is 1. The highest BCUT2D eigenvalue weighted by atomic mass is 32.2. The molecule has 2 aromatic rings. The second-order valence-corrected chi connectivity index (χ2v) is 8.08. The number of benzene rings is 1. The Hall–Kier alpha value is -1.21. The average Bonchev–Trinajstić information content (AvgIpc) is 3.03. The van der Waals surface area contributed by atoms with Gasteiger partial charge in [-0.05, 0) is 36.0 Å². The Balaban J connectivity index is 1.98. The number of nitrogens with zero attached hydrogens (tertiary/aromatic N) is 1. The first kappa shape index (κ1) is 14.7. The van der Waals surface area contributed by atoms with Crippen molar-refractivity contribution in [2.75, 3.05) is 7.05 Å². The van der Waals surface area contributed by atoms with Gasteiger partial charge in [0, 0.05) is 24.5 Å². The summed E-state index contributed by atoms with van der Waals surface area (Å²) in [7, 11) is -1.61. The van der Waals surface area contributed by atoms with Crippen LogP contribution < -0.4 is 5.32 Å². The predicted molar refractivity (Wildman–Crippen MR) is 84.7 cm³/mol. The van der Waals surface area contributed by atoms with Crippen molar-refractivity contribution < 1.29 is 8.42 Å². The van der Waals surface area contributed by atoms with E-state index in [0.29, 0.717) is 24.5 Å². The first-order chi connectivity index (χ1) is 10.0. The molecular weight excluding hydrogens is 304 g/mol. The maximum atomic E-state index is 13.0. The van der Waals surface area contributed by atoms with Gasteiger partial charge in [0.15, 0.2) is 0 Å². The minimum absolute atomic E-state index is 0.465. The van der Waals surface area contributed by atoms with Gasteiger partial charge in [-0.1, -0.05) is 24.3 Å². The second-order valence-electron chi connectivity index (χ2n) is 5.24. The first-order valence-electron chi connectivity index (χ1n) is 6.82. The summed E-state index contributed by atoms with van der Waals surface area (Å²) in [4.78, 5) is 1.36. The molecule has 3 rings (SSSR count). The molecule has 6 heteroatoms. The predicted octanol–water partition coefficient (Wildman–Crippen LogP) is 2.48. The molecule has 2 heterocycles. The van der Waals surface area contributed by atoms with Crippen molar-refractivity contribution in [3.63, 3.8) is 0 Å². The molecule has 1 aliphatic rings. The first-order valence-corrected chi connectivity index (χ1v) is 9.14. The summed E-state index contributed by atoms with van der Waals surface area (Å²) in [5, 5.41) is 4.96. The number of sulfonamides is 1. The molecular formula is C15H18N2O2S2. The number of hydrogen-bond donors (Lipinski definition) is 1. The van der Waals surface area contributed by atoms with Gasteiger partial charge in [-0.2, -0.15) is 4.31 Å². The zero-order valence-corrected chi connectivity index (χ0v) is 13.7. The summed E-state index contributed by atoms with van der Waals surface area (Å²) in [5.41, 5.74) is 3.04. The second kappa shape index (κ2) is 5.53. The van der Waals surface area contributed by atoms with Crippen molar-refractivity contribution in [3.8, 4) is 0 Å². The molecule has 1 N–H and O–H groups in total. The zero-order valence-electron chi connectivity index (χ0n) is 12.1. The van der Waals surface area contributed by atoms with Gasteiger partial charge in [0.1, 0.15) is 4.90 Å². The van der Waals surface area contributed by atoms with Gasteiger partial charge in [-0.25, -0.2) is 8.42 Å². The van der Waals surface area contributed by atoms with E-state index in [9.17, 15) is 8.42 Å². The Kier molecular flexibility index (Phi) is 3.88. The van der Waals surface area contributed by atoms with E-state index in [-0.39, 0.29) is 0 Å². The summed E-state index contributed by atoms with van der Waals surface area (Å²) >= 11 is 1.50. The molecule has 0 amide bonds. The standard InChI is InChI=1S/C15H18N2O2S2/c1-11-10-20-14(7-16-2)15(11)21(18,19)17-8-12-5-3-4-6-13(12)9-17/h3-6,10,16H,7-9H2,1-2H3. The molecule has 1 aromatic heterocycles. The average molecular weight is 322 g/mol. The molecule has 0 spiro atoms. The van der Waals surface area contributed by atoms with E-state index in [1.807, 2.05) is 43.6 Å². The Morgan fingerprint density at radius 2 is 1.86 bits per heavy atom. The lowest BCUT2D eigenvalue weighted by Gasteiger charge is -2.17. The number of hydrogen-bond acceptors (Lipinski definition) is 4. The molecule has 0 fully saturated rings. The van der Waals surface area contributed by atoms with E-state index in [2.05, 4.69) is 5.32 Å². The van der Waals surface area contributed by atoms with Gasteiger partial charge >= 0.3 is 0 Å². The fraction of sp³-hybridized carbons (Fsp3) is 0.333. The highest BCUT2D eigenvalue weighted by Crippen LogP contribution is 2.34. The van der Waals surface area contributed by atoms with Crippen molar-refractivity contribution in [2.24, 2.45) is 0 Å². The summed E-state index contributed by atoms with van der Waals surface area (Å²) < 4.78 is 27.5. The van der Waals surface area contributed by atoms with Gasteiger partial charge in [-0.3, -0.25) is 0 Å². The van der Waals surface area contributed by atoms with Crippen LogP contribution in [-0.2, 0) is 29.7 Å². The lowest BCUT2D eigenvalue weighted by Crippen LogP contribution is -2.27.